The molecule has 4 atom stereocenters. The zero-order valence-electron chi connectivity index (χ0n) is 17.8. The van der Waals surface area contributed by atoms with Gasteiger partial charge in [-0.1, -0.05) is 13.0 Å². The van der Waals surface area contributed by atoms with E-state index in [-0.39, 0.29) is 23.4 Å². The van der Waals surface area contributed by atoms with Crippen LogP contribution in [0.4, 0.5) is 17.6 Å². The highest BCUT2D eigenvalue weighted by Crippen LogP contribution is 2.36. The van der Waals surface area contributed by atoms with Crippen LogP contribution in [-0.2, 0) is 26.9 Å². The van der Waals surface area contributed by atoms with Gasteiger partial charge in [-0.3, -0.25) is 9.78 Å². The van der Waals surface area contributed by atoms with Crippen LogP contribution in [0.3, 0.4) is 0 Å². The van der Waals surface area contributed by atoms with Crippen molar-refractivity contribution in [2.45, 2.75) is 43.9 Å². The van der Waals surface area contributed by atoms with Crippen molar-refractivity contribution < 1.29 is 31.3 Å². The topological polar surface area (TPSA) is 71.5 Å². The number of carbonyl (C=O) groups is 1. The summed E-state index contributed by atoms with van der Waals surface area (Å²) in [5.41, 5.74) is 0.808. The van der Waals surface area contributed by atoms with Crippen LogP contribution in [0, 0.1) is 11.6 Å². The zero-order chi connectivity index (χ0) is 23.8. The predicted molar refractivity (Wildman–Crippen MR) is 114 cm³/mol. The number of aromatic nitrogens is 1. The quantitative estimate of drug-likeness (QED) is 0.613. The summed E-state index contributed by atoms with van der Waals surface area (Å²) in [6.07, 6.45) is -0.391. The monoisotopic (exact) mass is 485 g/mol. The summed E-state index contributed by atoms with van der Waals surface area (Å²) < 4.78 is 77.0. The Morgan fingerprint density at radius 1 is 1.27 bits per heavy atom. The lowest BCUT2D eigenvalue weighted by molar-refractivity contribution is -0.158. The summed E-state index contributed by atoms with van der Waals surface area (Å²) in [6, 6.07) is 5.12. The summed E-state index contributed by atoms with van der Waals surface area (Å²) >= 11 is 0. The Morgan fingerprint density at radius 3 is 2.58 bits per heavy atom. The van der Waals surface area contributed by atoms with Crippen LogP contribution in [0.1, 0.15) is 19.0 Å². The lowest BCUT2D eigenvalue weighted by Crippen LogP contribution is -2.53. The van der Waals surface area contributed by atoms with Gasteiger partial charge in [0.05, 0.1) is 35.9 Å². The van der Waals surface area contributed by atoms with E-state index in [0.717, 1.165) is 23.1 Å². The Morgan fingerprint density at radius 2 is 1.97 bits per heavy atom. The van der Waals surface area contributed by atoms with Gasteiger partial charge < -0.3 is 9.64 Å². The van der Waals surface area contributed by atoms with Gasteiger partial charge in [-0.2, -0.15) is 0 Å². The fraction of sp³-hybridized carbons (Fsp3) is 0.455. The number of alkyl halides is 2. The van der Waals surface area contributed by atoms with Crippen LogP contribution in [0.25, 0.3) is 11.3 Å². The Bertz CT molecular complexity index is 1050. The Hall–Kier alpha value is -2.37. The van der Waals surface area contributed by atoms with E-state index in [1.807, 2.05) is 0 Å². The summed E-state index contributed by atoms with van der Waals surface area (Å²) in [5, 5.41) is 0. The molecule has 4 rings (SSSR count). The van der Waals surface area contributed by atoms with E-state index < -0.39 is 59.2 Å². The molecule has 2 aliphatic rings. The van der Waals surface area contributed by atoms with E-state index >= 15 is 0 Å². The molecule has 3 heterocycles. The van der Waals surface area contributed by atoms with Crippen molar-refractivity contribution in [2.24, 2.45) is 0 Å². The maximum atomic E-state index is 15.0. The number of ether oxygens (including phenoxy) is 1. The van der Waals surface area contributed by atoms with Crippen molar-refractivity contribution in [2.75, 3.05) is 18.9 Å². The summed E-state index contributed by atoms with van der Waals surface area (Å²) in [7, 11) is -1.71. The number of nitrogens with zero attached hydrogens (tertiary/aromatic N) is 2. The zero-order valence-corrected chi connectivity index (χ0v) is 18.6. The number of likely N-dealkylation sites (tertiary alicyclic amines) is 1. The van der Waals surface area contributed by atoms with E-state index in [9.17, 15) is 26.6 Å². The molecule has 1 aromatic carbocycles. The molecule has 2 fully saturated rings. The number of amides is 1. The standard InChI is InChI=1S/C22H23F4N3O3S/c1-2-33(31)28-20-18(29(12-22(20,25)26)21(30)19-6-7-32-19)11-16-4-3-5-17(27-16)13-8-14(23)10-15(24)9-13/h3-5,8-10,18-20,28H,2,6-7,11-12H2,1H3/t18-,19?,20+,33?/m0/s1. The number of rotatable bonds is 7. The molecule has 11 heteroatoms. The average molecular weight is 486 g/mol. The highest BCUT2D eigenvalue weighted by atomic mass is 32.2. The van der Waals surface area contributed by atoms with Gasteiger partial charge in [-0.05, 0) is 24.3 Å². The number of hydrogen-bond donors (Lipinski definition) is 1. The highest BCUT2D eigenvalue weighted by molar-refractivity contribution is 7.83. The molecule has 178 valence electrons. The number of nitrogens with one attached hydrogen (secondary N) is 1. The molecule has 1 aromatic heterocycles. The molecule has 6 nitrogen and oxygen atoms in total. The molecule has 2 saturated heterocycles. The third-order valence-corrected chi connectivity index (χ3v) is 6.82. The normalized spacial score (nSPS) is 25.0. The first-order valence-corrected chi connectivity index (χ1v) is 11.9. The van der Waals surface area contributed by atoms with Gasteiger partial charge in [-0.15, -0.1) is 0 Å². The van der Waals surface area contributed by atoms with Gasteiger partial charge in [-0.25, -0.2) is 26.5 Å². The van der Waals surface area contributed by atoms with Gasteiger partial charge in [0.15, 0.2) is 0 Å². The third kappa shape index (κ3) is 5.10. The molecular weight excluding hydrogens is 462 g/mol. The van der Waals surface area contributed by atoms with Crippen LogP contribution >= 0.6 is 0 Å². The minimum Gasteiger partial charge on any atom is -0.368 e. The van der Waals surface area contributed by atoms with Crippen molar-refractivity contribution in [3.05, 3.63) is 53.7 Å². The molecule has 2 unspecified atom stereocenters. The minimum absolute atomic E-state index is 0.0712. The van der Waals surface area contributed by atoms with E-state index in [2.05, 4.69) is 9.71 Å². The van der Waals surface area contributed by atoms with Gasteiger partial charge in [0, 0.05) is 35.9 Å². The second-order valence-corrected chi connectivity index (χ2v) is 9.55. The fourth-order valence-electron chi connectivity index (χ4n) is 4.05. The van der Waals surface area contributed by atoms with Crippen molar-refractivity contribution in [3.63, 3.8) is 0 Å². The molecular formula is C22H23F4N3O3S. The van der Waals surface area contributed by atoms with E-state index in [0.29, 0.717) is 18.7 Å². The van der Waals surface area contributed by atoms with Crippen LogP contribution in [0.5, 0.6) is 0 Å². The van der Waals surface area contributed by atoms with Gasteiger partial charge in [0.1, 0.15) is 23.8 Å². The SMILES string of the molecule is CCS(=O)N[C@@H]1[C@H](Cc2cccc(-c3cc(F)cc(F)c3)n2)N(C(=O)C2CCO2)CC1(F)F. The molecule has 0 saturated carbocycles. The Kier molecular flexibility index (Phi) is 6.83. The molecule has 0 aliphatic carbocycles. The average Bonchev–Trinajstić information content (AvgIpc) is 2.96. The van der Waals surface area contributed by atoms with Crippen LogP contribution in [0.15, 0.2) is 36.4 Å². The number of pyridine rings is 1. The Labute approximate surface area is 190 Å². The number of benzene rings is 1. The second kappa shape index (κ2) is 9.47. The number of hydrogen-bond acceptors (Lipinski definition) is 4. The molecule has 1 N–H and O–H groups in total. The molecule has 2 aromatic rings. The van der Waals surface area contributed by atoms with Crippen molar-refractivity contribution in [3.8, 4) is 11.3 Å². The van der Waals surface area contributed by atoms with E-state index in [4.69, 9.17) is 4.74 Å². The van der Waals surface area contributed by atoms with Crippen LogP contribution < -0.4 is 4.72 Å². The van der Waals surface area contributed by atoms with E-state index in [1.165, 1.54) is 0 Å². The van der Waals surface area contributed by atoms with Crippen LogP contribution in [0.2, 0.25) is 0 Å². The largest absolute Gasteiger partial charge is 0.368 e. The van der Waals surface area contributed by atoms with Crippen molar-refractivity contribution in [1.82, 2.24) is 14.6 Å². The first-order valence-electron chi connectivity index (χ1n) is 10.5. The summed E-state index contributed by atoms with van der Waals surface area (Å²) in [4.78, 5) is 18.3. The minimum atomic E-state index is -3.32. The lowest BCUT2D eigenvalue weighted by Gasteiger charge is -2.33. The molecule has 1 amide bonds. The molecule has 0 bridgehead atoms. The van der Waals surface area contributed by atoms with Crippen molar-refractivity contribution in [1.29, 1.82) is 0 Å². The van der Waals surface area contributed by atoms with Crippen LogP contribution in [-0.4, -0.2) is 63.0 Å². The van der Waals surface area contributed by atoms with Gasteiger partial charge in [0.2, 0.25) is 0 Å². The summed E-state index contributed by atoms with van der Waals surface area (Å²) in [6.45, 7) is 1.16. The molecule has 0 spiro atoms. The second-order valence-electron chi connectivity index (χ2n) is 8.05. The fourth-order valence-corrected chi connectivity index (χ4v) is 4.83. The smallest absolute Gasteiger partial charge is 0.283 e. The molecule has 0 radical (unpaired) electrons. The van der Waals surface area contributed by atoms with Gasteiger partial charge in [0.25, 0.3) is 11.8 Å². The van der Waals surface area contributed by atoms with Crippen molar-refractivity contribution >= 4 is 16.9 Å². The highest BCUT2D eigenvalue weighted by Gasteiger charge is 2.57. The first-order chi connectivity index (χ1) is 15.7. The molecule has 33 heavy (non-hydrogen) atoms. The number of carbonyl (C=O) groups excluding carboxylic acids is 1. The first kappa shape index (κ1) is 23.8. The third-order valence-electron chi connectivity index (χ3n) is 5.78. The lowest BCUT2D eigenvalue weighted by atomic mass is 10.0. The van der Waals surface area contributed by atoms with E-state index in [1.54, 1.807) is 25.1 Å². The van der Waals surface area contributed by atoms with Gasteiger partial charge >= 0.3 is 0 Å². The molecule has 2 aliphatic heterocycles. The Balaban J connectivity index is 1.65. The maximum Gasteiger partial charge on any atom is 0.283 e. The number of halogens is 4. The predicted octanol–water partition coefficient (Wildman–Crippen LogP) is 2.85. The summed E-state index contributed by atoms with van der Waals surface area (Å²) in [5.74, 6) is -5.27. The maximum absolute atomic E-state index is 15.0.